The van der Waals surface area contributed by atoms with Crippen LogP contribution in [0.25, 0.3) is 0 Å². The number of nitro benzene ring substituents is 1. The molecule has 1 aromatic rings. The standard InChI is InChI=1S/C11H14N2O5S/c14-13(15)9-3-1-5-11(7-9)19(16,17)12-8-10-4-2-6-18-10/h1,3,5,7,10,12H,2,4,6,8H2/t10-/m0/s1. The third kappa shape index (κ3) is 3.49. The van der Waals surface area contributed by atoms with Crippen molar-refractivity contribution >= 4 is 15.7 Å². The maximum Gasteiger partial charge on any atom is 0.270 e. The van der Waals surface area contributed by atoms with Gasteiger partial charge in [0.15, 0.2) is 0 Å². The lowest BCUT2D eigenvalue weighted by Gasteiger charge is -2.11. The van der Waals surface area contributed by atoms with Crippen LogP contribution in [0.4, 0.5) is 5.69 Å². The molecule has 1 saturated heterocycles. The number of nitrogens with zero attached hydrogens (tertiary/aromatic N) is 1. The van der Waals surface area contributed by atoms with Gasteiger partial charge in [0.2, 0.25) is 10.0 Å². The van der Waals surface area contributed by atoms with Crippen molar-refractivity contribution in [3.63, 3.8) is 0 Å². The van der Waals surface area contributed by atoms with Crippen LogP contribution in [0.15, 0.2) is 29.2 Å². The summed E-state index contributed by atoms with van der Waals surface area (Å²) < 4.78 is 31.7. The average Bonchev–Trinajstić information content (AvgIpc) is 2.90. The predicted octanol–water partition coefficient (Wildman–Crippen LogP) is 1.05. The summed E-state index contributed by atoms with van der Waals surface area (Å²) in [4.78, 5) is 9.88. The van der Waals surface area contributed by atoms with E-state index in [9.17, 15) is 18.5 Å². The second-order valence-electron chi connectivity index (χ2n) is 4.24. The first-order chi connectivity index (χ1) is 8.99. The zero-order valence-electron chi connectivity index (χ0n) is 10.1. The van der Waals surface area contributed by atoms with Gasteiger partial charge in [-0.25, -0.2) is 13.1 Å². The van der Waals surface area contributed by atoms with Gasteiger partial charge in [-0.1, -0.05) is 6.07 Å². The van der Waals surface area contributed by atoms with Crippen molar-refractivity contribution in [2.75, 3.05) is 13.2 Å². The summed E-state index contributed by atoms with van der Waals surface area (Å²) in [5.74, 6) is 0. The van der Waals surface area contributed by atoms with Gasteiger partial charge in [-0.05, 0) is 18.9 Å². The smallest absolute Gasteiger partial charge is 0.270 e. The fourth-order valence-corrected chi connectivity index (χ4v) is 2.96. The maximum atomic E-state index is 12.0. The SMILES string of the molecule is O=[N+]([O-])c1cccc(S(=O)(=O)NC[C@@H]2CCCO2)c1. The normalized spacial score (nSPS) is 19.5. The Kier molecular flexibility index (Phi) is 4.13. The van der Waals surface area contributed by atoms with Crippen LogP contribution in [-0.2, 0) is 14.8 Å². The molecule has 0 aromatic heterocycles. The van der Waals surface area contributed by atoms with E-state index in [4.69, 9.17) is 4.74 Å². The molecule has 8 heteroatoms. The van der Waals surface area contributed by atoms with Gasteiger partial charge in [0.1, 0.15) is 0 Å². The lowest BCUT2D eigenvalue weighted by molar-refractivity contribution is -0.385. The van der Waals surface area contributed by atoms with Crippen LogP contribution in [0.1, 0.15) is 12.8 Å². The summed E-state index contributed by atoms with van der Waals surface area (Å²) in [5.41, 5.74) is -0.250. The first kappa shape index (κ1) is 13.9. The molecule has 0 saturated carbocycles. The van der Waals surface area contributed by atoms with Crippen molar-refractivity contribution in [1.82, 2.24) is 4.72 Å². The summed E-state index contributed by atoms with van der Waals surface area (Å²) in [6.07, 6.45) is 1.62. The summed E-state index contributed by atoms with van der Waals surface area (Å²) in [6, 6.07) is 4.96. The lowest BCUT2D eigenvalue weighted by atomic mass is 10.2. The molecule has 1 aliphatic rings. The zero-order chi connectivity index (χ0) is 13.9. The van der Waals surface area contributed by atoms with Crippen LogP contribution in [0.3, 0.4) is 0 Å². The van der Waals surface area contributed by atoms with E-state index in [1.54, 1.807) is 0 Å². The van der Waals surface area contributed by atoms with Crippen LogP contribution < -0.4 is 4.72 Å². The molecule has 0 unspecified atom stereocenters. The van der Waals surface area contributed by atoms with Crippen LogP contribution in [0.5, 0.6) is 0 Å². The van der Waals surface area contributed by atoms with Gasteiger partial charge in [-0.15, -0.1) is 0 Å². The fourth-order valence-electron chi connectivity index (χ4n) is 1.86. The molecule has 0 bridgehead atoms. The predicted molar refractivity (Wildman–Crippen MR) is 67.3 cm³/mol. The minimum Gasteiger partial charge on any atom is -0.377 e. The Morgan fingerprint density at radius 3 is 2.89 bits per heavy atom. The van der Waals surface area contributed by atoms with Crippen LogP contribution in [0, 0.1) is 10.1 Å². The maximum absolute atomic E-state index is 12.0. The minimum absolute atomic E-state index is 0.111. The molecule has 1 fully saturated rings. The number of non-ortho nitro benzene ring substituents is 1. The number of ether oxygens (including phenoxy) is 1. The van der Waals surface area contributed by atoms with Crippen molar-refractivity contribution in [1.29, 1.82) is 0 Å². The van der Waals surface area contributed by atoms with Crippen molar-refractivity contribution in [3.05, 3.63) is 34.4 Å². The monoisotopic (exact) mass is 286 g/mol. The molecule has 1 N–H and O–H groups in total. The van der Waals surface area contributed by atoms with E-state index >= 15 is 0 Å². The molecule has 0 amide bonds. The average molecular weight is 286 g/mol. The van der Waals surface area contributed by atoms with Gasteiger partial charge in [-0.3, -0.25) is 10.1 Å². The highest BCUT2D eigenvalue weighted by Crippen LogP contribution is 2.18. The van der Waals surface area contributed by atoms with Crippen molar-refractivity contribution in [2.24, 2.45) is 0 Å². The van der Waals surface area contributed by atoms with Gasteiger partial charge in [-0.2, -0.15) is 0 Å². The van der Waals surface area contributed by atoms with Gasteiger partial charge in [0, 0.05) is 25.3 Å². The first-order valence-corrected chi connectivity index (χ1v) is 7.33. The van der Waals surface area contributed by atoms with Gasteiger partial charge in [0.25, 0.3) is 5.69 Å². The van der Waals surface area contributed by atoms with Gasteiger partial charge < -0.3 is 4.74 Å². The molecule has 0 spiro atoms. The van der Waals surface area contributed by atoms with Gasteiger partial charge in [0.05, 0.1) is 15.9 Å². The quantitative estimate of drug-likeness (QED) is 0.644. The van der Waals surface area contributed by atoms with E-state index in [0.717, 1.165) is 18.9 Å². The molecule has 1 aromatic carbocycles. The van der Waals surface area contributed by atoms with E-state index in [2.05, 4.69) is 4.72 Å². The largest absolute Gasteiger partial charge is 0.377 e. The highest BCUT2D eigenvalue weighted by Gasteiger charge is 2.21. The number of hydrogen-bond acceptors (Lipinski definition) is 5. The molecule has 1 heterocycles. The third-order valence-electron chi connectivity index (χ3n) is 2.86. The van der Waals surface area contributed by atoms with Crippen LogP contribution >= 0.6 is 0 Å². The van der Waals surface area contributed by atoms with Gasteiger partial charge >= 0.3 is 0 Å². The molecular formula is C11H14N2O5S. The van der Waals surface area contributed by atoms with E-state index in [-0.39, 0.29) is 23.2 Å². The number of nitro groups is 1. The zero-order valence-corrected chi connectivity index (χ0v) is 10.9. The Morgan fingerprint density at radius 1 is 1.47 bits per heavy atom. The van der Waals surface area contributed by atoms with Crippen LogP contribution in [0.2, 0.25) is 0 Å². The molecule has 7 nitrogen and oxygen atoms in total. The van der Waals surface area contributed by atoms with E-state index in [1.165, 1.54) is 18.2 Å². The second-order valence-corrected chi connectivity index (χ2v) is 6.01. The molecule has 0 aliphatic carbocycles. The topological polar surface area (TPSA) is 98.5 Å². The molecule has 2 rings (SSSR count). The summed E-state index contributed by atoms with van der Waals surface area (Å²) in [7, 11) is -3.74. The summed E-state index contributed by atoms with van der Waals surface area (Å²) >= 11 is 0. The fraction of sp³-hybridized carbons (Fsp3) is 0.455. The summed E-state index contributed by atoms with van der Waals surface area (Å²) in [6.45, 7) is 0.828. The Balaban J connectivity index is 2.09. The molecule has 104 valence electrons. The Labute approximate surface area is 110 Å². The van der Waals surface area contributed by atoms with E-state index in [1.807, 2.05) is 0 Å². The van der Waals surface area contributed by atoms with Crippen molar-refractivity contribution in [2.45, 2.75) is 23.8 Å². The van der Waals surface area contributed by atoms with E-state index in [0.29, 0.717) is 6.61 Å². The Morgan fingerprint density at radius 2 is 2.26 bits per heavy atom. The molecule has 1 aliphatic heterocycles. The third-order valence-corrected chi connectivity index (χ3v) is 4.28. The molecule has 0 radical (unpaired) electrons. The number of benzene rings is 1. The Hall–Kier alpha value is -1.51. The molecule has 1 atom stereocenters. The number of nitrogens with one attached hydrogen (secondary N) is 1. The number of rotatable bonds is 5. The van der Waals surface area contributed by atoms with Crippen molar-refractivity contribution < 1.29 is 18.1 Å². The highest BCUT2D eigenvalue weighted by molar-refractivity contribution is 7.89. The van der Waals surface area contributed by atoms with E-state index < -0.39 is 14.9 Å². The highest BCUT2D eigenvalue weighted by atomic mass is 32.2. The number of sulfonamides is 1. The first-order valence-electron chi connectivity index (χ1n) is 5.85. The second kappa shape index (κ2) is 5.64. The van der Waals surface area contributed by atoms with Crippen LogP contribution in [-0.4, -0.2) is 32.6 Å². The summed E-state index contributed by atoms with van der Waals surface area (Å²) in [5, 5.41) is 10.6. The molecule has 19 heavy (non-hydrogen) atoms. The van der Waals surface area contributed by atoms with Crippen molar-refractivity contribution in [3.8, 4) is 0 Å². The Bertz CT molecular complexity index is 566. The minimum atomic E-state index is -3.74. The lowest BCUT2D eigenvalue weighted by Crippen LogP contribution is -2.31. The molecular weight excluding hydrogens is 272 g/mol. The number of hydrogen-bond donors (Lipinski definition) is 1.